The molecular formula is C16H17BrFNO. The van der Waals surface area contributed by atoms with E-state index in [2.05, 4.69) is 27.3 Å². The van der Waals surface area contributed by atoms with Gasteiger partial charge < -0.3 is 10.1 Å². The van der Waals surface area contributed by atoms with Crippen LogP contribution in [0.25, 0.3) is 0 Å². The molecule has 0 aromatic heterocycles. The first-order valence-electron chi connectivity index (χ1n) is 6.34. The van der Waals surface area contributed by atoms with Crippen molar-refractivity contribution in [3.8, 4) is 5.75 Å². The molecule has 4 heteroatoms. The summed E-state index contributed by atoms with van der Waals surface area (Å²) in [7, 11) is 1.67. The highest BCUT2D eigenvalue weighted by Crippen LogP contribution is 2.25. The van der Waals surface area contributed by atoms with E-state index in [4.69, 9.17) is 4.74 Å². The highest BCUT2D eigenvalue weighted by molar-refractivity contribution is 9.10. The van der Waals surface area contributed by atoms with Gasteiger partial charge in [-0.3, -0.25) is 0 Å². The van der Waals surface area contributed by atoms with Crippen LogP contribution in [-0.2, 0) is 6.54 Å². The van der Waals surface area contributed by atoms with Crippen molar-refractivity contribution in [1.29, 1.82) is 0 Å². The lowest BCUT2D eigenvalue weighted by atomic mass is 10.1. The standard InChI is InChI=1S/C16H17BrFNO/c1-10-7-14(18)13(17)8-15(10)19-9-12-4-5-16(20-3)11(2)6-12/h4-8,19H,9H2,1-3H3. The maximum absolute atomic E-state index is 13.4. The van der Waals surface area contributed by atoms with Gasteiger partial charge in [-0.2, -0.15) is 0 Å². The van der Waals surface area contributed by atoms with Crippen molar-refractivity contribution in [2.75, 3.05) is 12.4 Å². The number of nitrogens with one attached hydrogen (secondary N) is 1. The molecule has 0 spiro atoms. The second-order valence-corrected chi connectivity index (χ2v) is 5.59. The van der Waals surface area contributed by atoms with Crippen LogP contribution in [0.5, 0.6) is 5.75 Å². The summed E-state index contributed by atoms with van der Waals surface area (Å²) < 4.78 is 19.1. The van der Waals surface area contributed by atoms with Gasteiger partial charge in [-0.1, -0.05) is 12.1 Å². The van der Waals surface area contributed by atoms with Crippen molar-refractivity contribution in [1.82, 2.24) is 0 Å². The molecule has 1 N–H and O–H groups in total. The monoisotopic (exact) mass is 337 g/mol. The first kappa shape index (κ1) is 14.9. The van der Waals surface area contributed by atoms with Gasteiger partial charge >= 0.3 is 0 Å². The van der Waals surface area contributed by atoms with Gasteiger partial charge in [0.05, 0.1) is 11.6 Å². The molecule has 106 valence electrons. The molecule has 2 aromatic rings. The predicted molar refractivity (Wildman–Crippen MR) is 83.9 cm³/mol. The number of hydrogen-bond acceptors (Lipinski definition) is 2. The summed E-state index contributed by atoms with van der Waals surface area (Å²) in [6.07, 6.45) is 0. The Hall–Kier alpha value is -1.55. The third-order valence-electron chi connectivity index (χ3n) is 3.21. The van der Waals surface area contributed by atoms with Gasteiger partial charge in [0.15, 0.2) is 0 Å². The van der Waals surface area contributed by atoms with Gasteiger partial charge in [0.25, 0.3) is 0 Å². The number of rotatable bonds is 4. The zero-order valence-corrected chi connectivity index (χ0v) is 13.3. The SMILES string of the molecule is COc1ccc(CNc2cc(Br)c(F)cc2C)cc1C. The summed E-state index contributed by atoms with van der Waals surface area (Å²) in [6.45, 7) is 4.59. The average molecular weight is 338 g/mol. The molecule has 0 fully saturated rings. The van der Waals surface area contributed by atoms with E-state index < -0.39 is 0 Å². The van der Waals surface area contributed by atoms with Crippen LogP contribution in [0.1, 0.15) is 16.7 Å². The van der Waals surface area contributed by atoms with Crippen molar-refractivity contribution < 1.29 is 9.13 Å². The van der Waals surface area contributed by atoms with E-state index in [1.165, 1.54) is 6.07 Å². The Labute approximate surface area is 127 Å². The maximum Gasteiger partial charge on any atom is 0.137 e. The summed E-state index contributed by atoms with van der Waals surface area (Å²) >= 11 is 3.21. The topological polar surface area (TPSA) is 21.3 Å². The quantitative estimate of drug-likeness (QED) is 0.862. The predicted octanol–water partition coefficient (Wildman–Crippen LogP) is 4.83. The van der Waals surface area contributed by atoms with E-state index in [9.17, 15) is 4.39 Å². The minimum absolute atomic E-state index is 0.242. The fraction of sp³-hybridized carbons (Fsp3) is 0.250. The number of halogens is 2. The van der Waals surface area contributed by atoms with Crippen molar-refractivity contribution in [2.45, 2.75) is 20.4 Å². The van der Waals surface area contributed by atoms with Crippen LogP contribution in [0, 0.1) is 19.7 Å². The van der Waals surface area contributed by atoms with Crippen LogP contribution < -0.4 is 10.1 Å². The van der Waals surface area contributed by atoms with Crippen molar-refractivity contribution in [2.24, 2.45) is 0 Å². The zero-order chi connectivity index (χ0) is 14.7. The van der Waals surface area contributed by atoms with Crippen molar-refractivity contribution in [3.05, 3.63) is 57.3 Å². The number of ether oxygens (including phenoxy) is 1. The largest absolute Gasteiger partial charge is 0.496 e. The van der Waals surface area contributed by atoms with Crippen LogP contribution in [0.4, 0.5) is 10.1 Å². The van der Waals surface area contributed by atoms with E-state index in [1.54, 1.807) is 13.2 Å². The minimum atomic E-state index is -0.242. The van der Waals surface area contributed by atoms with Gasteiger partial charge in [-0.05, 0) is 64.7 Å². The molecule has 0 saturated heterocycles. The molecule has 0 atom stereocenters. The second kappa shape index (κ2) is 6.27. The first-order valence-corrected chi connectivity index (χ1v) is 7.13. The van der Waals surface area contributed by atoms with Crippen LogP contribution in [0.15, 0.2) is 34.8 Å². The van der Waals surface area contributed by atoms with Crippen LogP contribution in [-0.4, -0.2) is 7.11 Å². The third-order valence-corrected chi connectivity index (χ3v) is 3.82. The molecule has 2 rings (SSSR count). The summed E-state index contributed by atoms with van der Waals surface area (Å²) in [5.74, 6) is 0.641. The van der Waals surface area contributed by atoms with E-state index in [-0.39, 0.29) is 5.82 Å². The fourth-order valence-electron chi connectivity index (χ4n) is 2.08. The smallest absolute Gasteiger partial charge is 0.137 e. The summed E-state index contributed by atoms with van der Waals surface area (Å²) in [6, 6.07) is 9.35. The van der Waals surface area contributed by atoms with E-state index in [1.807, 2.05) is 26.0 Å². The van der Waals surface area contributed by atoms with Crippen LogP contribution in [0.3, 0.4) is 0 Å². The van der Waals surface area contributed by atoms with Crippen LogP contribution in [0.2, 0.25) is 0 Å². The molecule has 20 heavy (non-hydrogen) atoms. The van der Waals surface area contributed by atoms with Gasteiger partial charge in [-0.15, -0.1) is 0 Å². The number of anilines is 1. The lowest BCUT2D eigenvalue weighted by Crippen LogP contribution is -2.02. The first-order chi connectivity index (χ1) is 9.51. The molecular weight excluding hydrogens is 321 g/mol. The van der Waals surface area contributed by atoms with E-state index in [0.29, 0.717) is 11.0 Å². The normalized spacial score (nSPS) is 10.4. The summed E-state index contributed by atoms with van der Waals surface area (Å²) in [5, 5.41) is 3.32. The molecule has 0 aliphatic rings. The maximum atomic E-state index is 13.4. The number of benzene rings is 2. The molecule has 0 bridgehead atoms. The lowest BCUT2D eigenvalue weighted by molar-refractivity contribution is 0.411. The Morgan fingerprint density at radius 3 is 2.55 bits per heavy atom. The van der Waals surface area contributed by atoms with Gasteiger partial charge in [-0.25, -0.2) is 4.39 Å². The second-order valence-electron chi connectivity index (χ2n) is 4.74. The molecule has 0 saturated carbocycles. The number of hydrogen-bond donors (Lipinski definition) is 1. The molecule has 0 amide bonds. The number of methoxy groups -OCH3 is 1. The van der Waals surface area contributed by atoms with Crippen LogP contribution >= 0.6 is 15.9 Å². The Morgan fingerprint density at radius 1 is 1.15 bits per heavy atom. The molecule has 0 radical (unpaired) electrons. The Morgan fingerprint density at radius 2 is 1.90 bits per heavy atom. The average Bonchev–Trinajstić information content (AvgIpc) is 2.41. The molecule has 0 unspecified atom stereocenters. The zero-order valence-electron chi connectivity index (χ0n) is 11.8. The van der Waals surface area contributed by atoms with E-state index >= 15 is 0 Å². The lowest BCUT2D eigenvalue weighted by Gasteiger charge is -2.12. The Kier molecular flexibility index (Phi) is 4.65. The number of aryl methyl sites for hydroxylation is 2. The molecule has 0 aliphatic heterocycles. The van der Waals surface area contributed by atoms with Gasteiger partial charge in [0.1, 0.15) is 11.6 Å². The van der Waals surface area contributed by atoms with Gasteiger partial charge in [0.2, 0.25) is 0 Å². The highest BCUT2D eigenvalue weighted by atomic mass is 79.9. The van der Waals surface area contributed by atoms with Crippen molar-refractivity contribution in [3.63, 3.8) is 0 Å². The fourth-order valence-corrected chi connectivity index (χ4v) is 2.43. The summed E-state index contributed by atoms with van der Waals surface area (Å²) in [4.78, 5) is 0. The van der Waals surface area contributed by atoms with Gasteiger partial charge in [0, 0.05) is 12.2 Å². The molecule has 0 aliphatic carbocycles. The molecule has 0 heterocycles. The molecule has 2 nitrogen and oxygen atoms in total. The Balaban J connectivity index is 2.13. The van der Waals surface area contributed by atoms with Crippen molar-refractivity contribution >= 4 is 21.6 Å². The Bertz CT molecular complexity index is 628. The van der Waals surface area contributed by atoms with E-state index in [0.717, 1.165) is 28.1 Å². The summed E-state index contributed by atoms with van der Waals surface area (Å²) in [5.41, 5.74) is 4.06. The minimum Gasteiger partial charge on any atom is -0.496 e. The molecule has 2 aromatic carbocycles. The third kappa shape index (κ3) is 3.31. The highest BCUT2D eigenvalue weighted by Gasteiger charge is 2.05.